The molecular formula is C20H28ClN5OS. The van der Waals surface area contributed by atoms with Gasteiger partial charge in [-0.15, -0.1) is 10.2 Å². The number of nitrogens with zero attached hydrogens (tertiary/aromatic N) is 5. The van der Waals surface area contributed by atoms with E-state index in [1.54, 1.807) is 0 Å². The lowest BCUT2D eigenvalue weighted by atomic mass is 9.99. The Morgan fingerprint density at radius 3 is 2.50 bits per heavy atom. The smallest absolute Gasteiger partial charge is 0.233 e. The van der Waals surface area contributed by atoms with E-state index in [0.717, 1.165) is 42.6 Å². The second kappa shape index (κ2) is 9.29. The summed E-state index contributed by atoms with van der Waals surface area (Å²) in [7, 11) is 4.03. The van der Waals surface area contributed by atoms with Crippen LogP contribution in [0.15, 0.2) is 29.4 Å². The van der Waals surface area contributed by atoms with Gasteiger partial charge in [0.1, 0.15) is 0 Å². The molecular weight excluding hydrogens is 394 g/mol. The number of benzene rings is 1. The van der Waals surface area contributed by atoms with Gasteiger partial charge >= 0.3 is 0 Å². The molecule has 6 nitrogen and oxygen atoms in total. The number of carbonyl (C=O) groups excluding carboxylic acids is 1. The van der Waals surface area contributed by atoms with Crippen LogP contribution in [0.1, 0.15) is 38.6 Å². The zero-order valence-corrected chi connectivity index (χ0v) is 18.5. The Balaban J connectivity index is 1.80. The molecule has 1 aromatic heterocycles. The lowest BCUT2D eigenvalue weighted by molar-refractivity contribution is -0.129. The van der Waals surface area contributed by atoms with Crippen molar-refractivity contribution in [3.63, 3.8) is 0 Å². The number of amides is 1. The molecule has 1 fully saturated rings. The standard InChI is InChI=1S/C20H28ClN5OS/c1-14-9-11-25(12-10-14)18(27)13-28-20-23-22-19(15(2)24(3)4)26(20)17-7-5-16(21)6-8-17/h5-8,14-15H,9-13H2,1-4H3/t15-/m1/s1. The highest BCUT2D eigenvalue weighted by Gasteiger charge is 2.24. The topological polar surface area (TPSA) is 54.3 Å². The Labute approximate surface area is 176 Å². The quantitative estimate of drug-likeness (QED) is 0.662. The molecule has 1 aromatic carbocycles. The van der Waals surface area contributed by atoms with Crippen LogP contribution in [-0.4, -0.2) is 63.4 Å². The molecule has 0 aliphatic carbocycles. The first-order valence-electron chi connectivity index (χ1n) is 9.65. The molecule has 3 rings (SSSR count). The summed E-state index contributed by atoms with van der Waals surface area (Å²) in [6.07, 6.45) is 2.17. The molecule has 1 atom stereocenters. The molecule has 0 bridgehead atoms. The van der Waals surface area contributed by atoms with Gasteiger partial charge in [0, 0.05) is 23.8 Å². The number of carbonyl (C=O) groups is 1. The van der Waals surface area contributed by atoms with Crippen molar-refractivity contribution < 1.29 is 4.79 Å². The van der Waals surface area contributed by atoms with E-state index in [-0.39, 0.29) is 11.9 Å². The minimum Gasteiger partial charge on any atom is -0.342 e. The second-order valence-electron chi connectivity index (χ2n) is 7.64. The maximum absolute atomic E-state index is 12.6. The molecule has 0 unspecified atom stereocenters. The van der Waals surface area contributed by atoms with Gasteiger partial charge in [-0.2, -0.15) is 0 Å². The largest absolute Gasteiger partial charge is 0.342 e. The summed E-state index contributed by atoms with van der Waals surface area (Å²) in [6, 6.07) is 7.70. The first kappa shape index (κ1) is 21.1. The fourth-order valence-electron chi connectivity index (χ4n) is 3.18. The van der Waals surface area contributed by atoms with Crippen LogP contribution < -0.4 is 0 Å². The number of likely N-dealkylation sites (tertiary alicyclic amines) is 1. The summed E-state index contributed by atoms with van der Waals surface area (Å²) >= 11 is 7.51. The van der Waals surface area contributed by atoms with E-state index in [2.05, 4.69) is 28.9 Å². The maximum atomic E-state index is 12.6. The Bertz CT molecular complexity index is 799. The van der Waals surface area contributed by atoms with Gasteiger partial charge in [-0.05, 0) is 64.0 Å². The van der Waals surface area contributed by atoms with Crippen LogP contribution in [0, 0.1) is 5.92 Å². The average molecular weight is 422 g/mol. The molecule has 28 heavy (non-hydrogen) atoms. The Hall–Kier alpha value is -1.57. The molecule has 1 amide bonds. The molecule has 2 heterocycles. The molecule has 2 aromatic rings. The van der Waals surface area contributed by atoms with E-state index in [4.69, 9.17) is 11.6 Å². The SMILES string of the molecule is CC1CCN(C(=O)CSc2nnc([C@@H](C)N(C)C)n2-c2ccc(Cl)cc2)CC1. The molecule has 8 heteroatoms. The molecule has 0 saturated carbocycles. The van der Waals surface area contributed by atoms with E-state index in [1.807, 2.05) is 47.8 Å². The molecule has 0 radical (unpaired) electrons. The third-order valence-corrected chi connectivity index (χ3v) is 6.52. The lowest BCUT2D eigenvalue weighted by Gasteiger charge is -2.30. The van der Waals surface area contributed by atoms with Crippen molar-refractivity contribution in [1.82, 2.24) is 24.6 Å². The van der Waals surface area contributed by atoms with E-state index in [0.29, 0.717) is 16.7 Å². The summed E-state index contributed by atoms with van der Waals surface area (Å²) in [5, 5.41) is 10.2. The van der Waals surface area contributed by atoms with Crippen LogP contribution in [0.3, 0.4) is 0 Å². The fourth-order valence-corrected chi connectivity index (χ4v) is 4.17. The zero-order valence-electron chi connectivity index (χ0n) is 16.9. The maximum Gasteiger partial charge on any atom is 0.233 e. The monoisotopic (exact) mass is 421 g/mol. The number of hydrogen-bond donors (Lipinski definition) is 0. The highest BCUT2D eigenvalue weighted by atomic mass is 35.5. The van der Waals surface area contributed by atoms with E-state index >= 15 is 0 Å². The van der Waals surface area contributed by atoms with Crippen molar-refractivity contribution in [2.24, 2.45) is 5.92 Å². The second-order valence-corrected chi connectivity index (χ2v) is 9.02. The van der Waals surface area contributed by atoms with Gasteiger partial charge < -0.3 is 4.90 Å². The normalized spacial score (nSPS) is 16.6. The molecule has 1 aliphatic heterocycles. The van der Waals surface area contributed by atoms with Gasteiger partial charge in [0.15, 0.2) is 11.0 Å². The van der Waals surface area contributed by atoms with Crippen LogP contribution in [0.4, 0.5) is 0 Å². The summed E-state index contributed by atoms with van der Waals surface area (Å²) in [5.74, 6) is 2.09. The molecule has 1 saturated heterocycles. The van der Waals surface area contributed by atoms with Crippen molar-refractivity contribution in [2.75, 3.05) is 32.9 Å². The van der Waals surface area contributed by atoms with Crippen molar-refractivity contribution in [1.29, 1.82) is 0 Å². The summed E-state index contributed by atoms with van der Waals surface area (Å²) < 4.78 is 2.03. The Kier molecular flexibility index (Phi) is 7.01. The highest BCUT2D eigenvalue weighted by molar-refractivity contribution is 7.99. The Morgan fingerprint density at radius 1 is 1.25 bits per heavy atom. The zero-order chi connectivity index (χ0) is 20.3. The highest BCUT2D eigenvalue weighted by Crippen LogP contribution is 2.28. The number of piperidine rings is 1. The first-order chi connectivity index (χ1) is 13.4. The van der Waals surface area contributed by atoms with Crippen molar-refractivity contribution in [3.8, 4) is 5.69 Å². The minimum atomic E-state index is 0.0804. The van der Waals surface area contributed by atoms with Gasteiger partial charge in [-0.25, -0.2) is 0 Å². The number of aromatic nitrogens is 3. The average Bonchev–Trinajstić information content (AvgIpc) is 3.10. The van der Waals surface area contributed by atoms with Crippen molar-refractivity contribution in [3.05, 3.63) is 35.1 Å². The minimum absolute atomic E-state index is 0.0804. The van der Waals surface area contributed by atoms with Crippen LogP contribution in [0.5, 0.6) is 0 Å². The van der Waals surface area contributed by atoms with Crippen LogP contribution in [-0.2, 0) is 4.79 Å². The van der Waals surface area contributed by atoms with Gasteiger partial charge in [-0.1, -0.05) is 30.3 Å². The third kappa shape index (κ3) is 4.88. The number of rotatable bonds is 6. The third-order valence-electron chi connectivity index (χ3n) is 5.35. The molecule has 1 aliphatic rings. The predicted molar refractivity (Wildman–Crippen MR) is 114 cm³/mol. The molecule has 152 valence electrons. The predicted octanol–water partition coefficient (Wildman–Crippen LogP) is 3.89. The van der Waals surface area contributed by atoms with Gasteiger partial charge in [0.05, 0.1) is 11.8 Å². The van der Waals surface area contributed by atoms with Gasteiger partial charge in [0.2, 0.25) is 5.91 Å². The van der Waals surface area contributed by atoms with Gasteiger partial charge in [-0.3, -0.25) is 14.3 Å². The summed E-state index contributed by atoms with van der Waals surface area (Å²) in [6.45, 7) is 6.05. The van der Waals surface area contributed by atoms with Crippen molar-refractivity contribution >= 4 is 29.3 Å². The summed E-state index contributed by atoms with van der Waals surface area (Å²) in [5.41, 5.74) is 0.944. The molecule has 0 N–H and O–H groups in total. The number of halogens is 1. The van der Waals surface area contributed by atoms with Crippen molar-refractivity contribution in [2.45, 2.75) is 37.9 Å². The van der Waals surface area contributed by atoms with Gasteiger partial charge in [0.25, 0.3) is 0 Å². The Morgan fingerprint density at radius 2 is 1.89 bits per heavy atom. The summed E-state index contributed by atoms with van der Waals surface area (Å²) in [4.78, 5) is 16.7. The van der Waals surface area contributed by atoms with E-state index < -0.39 is 0 Å². The van der Waals surface area contributed by atoms with Crippen LogP contribution in [0.25, 0.3) is 5.69 Å². The first-order valence-corrected chi connectivity index (χ1v) is 11.0. The number of thioether (sulfide) groups is 1. The lowest BCUT2D eigenvalue weighted by Crippen LogP contribution is -2.38. The van der Waals surface area contributed by atoms with Crippen LogP contribution in [0.2, 0.25) is 5.02 Å². The fraction of sp³-hybridized carbons (Fsp3) is 0.550. The van der Waals surface area contributed by atoms with E-state index in [9.17, 15) is 4.79 Å². The van der Waals surface area contributed by atoms with Crippen LogP contribution >= 0.6 is 23.4 Å². The number of hydrogen-bond acceptors (Lipinski definition) is 5. The molecule has 0 spiro atoms. The van der Waals surface area contributed by atoms with E-state index in [1.165, 1.54) is 11.8 Å².